The highest BCUT2D eigenvalue weighted by Gasteiger charge is 2.54. The van der Waals surface area contributed by atoms with E-state index in [1.807, 2.05) is 12.1 Å². The third kappa shape index (κ3) is 2.57. The fourth-order valence-electron chi connectivity index (χ4n) is 3.27. The van der Waals surface area contributed by atoms with E-state index in [1.54, 1.807) is 18.3 Å². The van der Waals surface area contributed by atoms with Gasteiger partial charge in [-0.1, -0.05) is 25.0 Å². The van der Waals surface area contributed by atoms with E-state index < -0.39 is 0 Å². The normalized spacial score (nSPS) is 27.6. The van der Waals surface area contributed by atoms with Gasteiger partial charge in [0.2, 0.25) is 5.91 Å². The fraction of sp³-hybridized carbons (Fsp3) is 0.438. The summed E-state index contributed by atoms with van der Waals surface area (Å²) in [5, 5.41) is 12.7. The number of hydrogen-bond acceptors (Lipinski definition) is 3. The number of nitrogens with one attached hydrogen (secondary N) is 1. The fourth-order valence-corrected chi connectivity index (χ4v) is 3.27. The van der Waals surface area contributed by atoms with E-state index in [2.05, 4.69) is 16.6 Å². The maximum atomic E-state index is 12.0. The summed E-state index contributed by atoms with van der Waals surface area (Å²) in [7, 11) is 0. The van der Waals surface area contributed by atoms with Crippen LogP contribution in [0.2, 0.25) is 0 Å². The molecule has 2 aliphatic carbocycles. The minimum atomic E-state index is 0.0618. The largest absolute Gasteiger partial charge is 0.273 e. The topological polar surface area (TPSA) is 65.2 Å². The molecule has 20 heavy (non-hydrogen) atoms. The van der Waals surface area contributed by atoms with Gasteiger partial charge in [-0.3, -0.25) is 4.79 Å². The number of hydrogen-bond donors (Lipinski definition) is 1. The summed E-state index contributed by atoms with van der Waals surface area (Å²) in [5.41, 5.74) is 4.14. The van der Waals surface area contributed by atoms with Crippen molar-refractivity contribution in [2.45, 2.75) is 25.7 Å². The zero-order chi connectivity index (χ0) is 13.9. The monoisotopic (exact) mass is 267 g/mol. The molecule has 3 rings (SSSR count). The summed E-state index contributed by atoms with van der Waals surface area (Å²) in [6.07, 6.45) is 6.54. The van der Waals surface area contributed by atoms with Crippen molar-refractivity contribution in [1.82, 2.24) is 5.43 Å². The van der Waals surface area contributed by atoms with Gasteiger partial charge in [-0.2, -0.15) is 10.4 Å². The molecule has 2 aliphatic rings. The first kappa shape index (κ1) is 12.9. The number of hydrazone groups is 1. The highest BCUT2D eigenvalue weighted by atomic mass is 16.2. The van der Waals surface area contributed by atoms with Crippen LogP contribution in [0.5, 0.6) is 0 Å². The van der Waals surface area contributed by atoms with Gasteiger partial charge in [0.05, 0.1) is 17.8 Å². The van der Waals surface area contributed by atoms with Crippen molar-refractivity contribution >= 4 is 12.1 Å². The minimum Gasteiger partial charge on any atom is -0.273 e. The molecule has 4 heteroatoms. The quantitative estimate of drug-likeness (QED) is 0.675. The van der Waals surface area contributed by atoms with Crippen molar-refractivity contribution in [3.05, 3.63) is 35.4 Å². The first-order valence-corrected chi connectivity index (χ1v) is 7.12. The molecule has 4 nitrogen and oxygen atoms in total. The summed E-state index contributed by atoms with van der Waals surface area (Å²) in [6.45, 7) is 0. The number of rotatable bonds is 3. The smallest absolute Gasteiger partial charge is 0.243 e. The van der Waals surface area contributed by atoms with E-state index in [-0.39, 0.29) is 11.8 Å². The Hall–Kier alpha value is -2.15. The second kappa shape index (κ2) is 5.46. The predicted molar refractivity (Wildman–Crippen MR) is 75.8 cm³/mol. The number of carbonyl (C=O) groups is 1. The maximum absolute atomic E-state index is 12.0. The standard InChI is InChI=1S/C16H17N3O/c17-9-11-5-7-12(8-6-11)10-18-19-16(20)15-13-3-1-2-4-14(13)15/h5-8,10,13-15H,1-4H2,(H,19,20)/b18-10-/t13-,14+,15?. The van der Waals surface area contributed by atoms with E-state index in [9.17, 15) is 4.79 Å². The molecule has 3 atom stereocenters. The molecule has 0 aliphatic heterocycles. The molecule has 2 saturated carbocycles. The van der Waals surface area contributed by atoms with Crippen molar-refractivity contribution in [2.24, 2.45) is 22.9 Å². The molecule has 0 spiro atoms. The van der Waals surface area contributed by atoms with Gasteiger partial charge in [0.1, 0.15) is 0 Å². The van der Waals surface area contributed by atoms with E-state index in [0.717, 1.165) is 5.56 Å². The second-order valence-corrected chi connectivity index (χ2v) is 5.61. The number of fused-ring (bicyclic) bond motifs is 1. The van der Waals surface area contributed by atoms with Gasteiger partial charge in [0.25, 0.3) is 0 Å². The highest BCUT2D eigenvalue weighted by Crippen LogP contribution is 2.55. The van der Waals surface area contributed by atoms with Gasteiger partial charge in [0.15, 0.2) is 0 Å². The number of nitriles is 1. The number of benzene rings is 1. The van der Waals surface area contributed by atoms with Gasteiger partial charge in [-0.05, 0) is 42.4 Å². The van der Waals surface area contributed by atoms with E-state index >= 15 is 0 Å². The molecular formula is C16H17N3O. The molecule has 2 fully saturated rings. The molecule has 0 saturated heterocycles. The van der Waals surface area contributed by atoms with Gasteiger partial charge in [0, 0.05) is 5.92 Å². The average molecular weight is 267 g/mol. The molecule has 0 bridgehead atoms. The lowest BCUT2D eigenvalue weighted by molar-refractivity contribution is -0.122. The van der Waals surface area contributed by atoms with Crippen molar-refractivity contribution in [2.75, 3.05) is 0 Å². The van der Waals surface area contributed by atoms with Gasteiger partial charge >= 0.3 is 0 Å². The third-order valence-corrected chi connectivity index (χ3v) is 4.39. The Bertz CT molecular complexity index is 558. The molecule has 1 aromatic rings. The summed E-state index contributed by atoms with van der Waals surface area (Å²) in [5.74, 6) is 1.46. The van der Waals surface area contributed by atoms with Crippen LogP contribution in [-0.4, -0.2) is 12.1 Å². The Morgan fingerprint density at radius 3 is 2.50 bits per heavy atom. The summed E-state index contributed by atoms with van der Waals surface area (Å²) in [6, 6.07) is 9.16. The zero-order valence-corrected chi connectivity index (χ0v) is 11.2. The summed E-state index contributed by atoms with van der Waals surface area (Å²) < 4.78 is 0. The summed E-state index contributed by atoms with van der Waals surface area (Å²) >= 11 is 0. The van der Waals surface area contributed by atoms with Crippen LogP contribution in [0.15, 0.2) is 29.4 Å². The van der Waals surface area contributed by atoms with Gasteiger partial charge < -0.3 is 0 Å². The van der Waals surface area contributed by atoms with Gasteiger partial charge in [-0.25, -0.2) is 5.43 Å². The van der Waals surface area contributed by atoms with Crippen molar-refractivity contribution in [3.63, 3.8) is 0 Å². The summed E-state index contributed by atoms with van der Waals surface area (Å²) in [4.78, 5) is 12.0. The van der Waals surface area contributed by atoms with E-state index in [4.69, 9.17) is 5.26 Å². The molecular weight excluding hydrogens is 250 g/mol. The number of carbonyl (C=O) groups excluding carboxylic acids is 1. The molecule has 0 radical (unpaired) electrons. The molecule has 1 aromatic carbocycles. The van der Waals surface area contributed by atoms with Crippen LogP contribution in [-0.2, 0) is 4.79 Å². The first-order valence-electron chi connectivity index (χ1n) is 7.12. The minimum absolute atomic E-state index is 0.0618. The third-order valence-electron chi connectivity index (χ3n) is 4.39. The van der Waals surface area contributed by atoms with Crippen LogP contribution in [0, 0.1) is 29.1 Å². The first-order chi connectivity index (χ1) is 9.79. The number of amides is 1. The SMILES string of the molecule is N#Cc1ccc(/C=N\NC(=O)C2[C@H]3CCCC[C@@H]23)cc1. The van der Waals surface area contributed by atoms with Crippen molar-refractivity contribution < 1.29 is 4.79 Å². The molecule has 102 valence electrons. The lowest BCUT2D eigenvalue weighted by Crippen LogP contribution is -2.20. The highest BCUT2D eigenvalue weighted by molar-refractivity contribution is 5.85. The van der Waals surface area contributed by atoms with Crippen LogP contribution >= 0.6 is 0 Å². The lowest BCUT2D eigenvalue weighted by Gasteiger charge is -2.04. The Balaban J connectivity index is 1.52. The Labute approximate surface area is 118 Å². The van der Waals surface area contributed by atoms with Crippen molar-refractivity contribution in [1.29, 1.82) is 5.26 Å². The average Bonchev–Trinajstić information content (AvgIpc) is 3.22. The van der Waals surface area contributed by atoms with E-state index in [0.29, 0.717) is 17.4 Å². The second-order valence-electron chi connectivity index (χ2n) is 5.61. The Kier molecular flexibility index (Phi) is 3.51. The van der Waals surface area contributed by atoms with Crippen LogP contribution in [0.1, 0.15) is 36.8 Å². The van der Waals surface area contributed by atoms with Crippen molar-refractivity contribution in [3.8, 4) is 6.07 Å². The molecule has 0 heterocycles. The van der Waals surface area contributed by atoms with E-state index in [1.165, 1.54) is 25.7 Å². The van der Waals surface area contributed by atoms with Crippen LogP contribution in [0.4, 0.5) is 0 Å². The van der Waals surface area contributed by atoms with Gasteiger partial charge in [-0.15, -0.1) is 0 Å². The van der Waals surface area contributed by atoms with Crippen LogP contribution in [0.3, 0.4) is 0 Å². The predicted octanol–water partition coefficient (Wildman–Crippen LogP) is 2.44. The molecule has 0 aromatic heterocycles. The Morgan fingerprint density at radius 1 is 1.25 bits per heavy atom. The molecule has 1 N–H and O–H groups in total. The number of nitrogens with zero attached hydrogens (tertiary/aromatic N) is 2. The zero-order valence-electron chi connectivity index (χ0n) is 11.2. The maximum Gasteiger partial charge on any atom is 0.243 e. The lowest BCUT2D eigenvalue weighted by atomic mass is 10.0. The molecule has 1 amide bonds. The Morgan fingerprint density at radius 2 is 1.90 bits per heavy atom. The van der Waals surface area contributed by atoms with Crippen LogP contribution < -0.4 is 5.43 Å². The van der Waals surface area contributed by atoms with Crippen LogP contribution in [0.25, 0.3) is 0 Å². The molecule has 1 unspecified atom stereocenters.